The zero-order chi connectivity index (χ0) is 13.7. The minimum Gasteiger partial charge on any atom is -0.340 e. The van der Waals surface area contributed by atoms with Crippen LogP contribution in [0.2, 0.25) is 0 Å². The number of likely N-dealkylation sites (N-methyl/N-ethyl adjacent to an activating group) is 1. The highest BCUT2D eigenvalue weighted by Gasteiger charge is 2.19. The minimum absolute atomic E-state index is 0.138. The van der Waals surface area contributed by atoms with Gasteiger partial charge in [0.2, 0.25) is 5.91 Å². The normalized spacial score (nSPS) is 16.6. The minimum atomic E-state index is -0.217. The first-order valence-electron chi connectivity index (χ1n) is 6.94. The summed E-state index contributed by atoms with van der Waals surface area (Å²) in [6, 6.07) is 6.67. The van der Waals surface area contributed by atoms with Gasteiger partial charge < -0.3 is 9.80 Å². The molecule has 0 unspecified atom stereocenters. The van der Waals surface area contributed by atoms with Crippen molar-refractivity contribution < 1.29 is 9.18 Å². The van der Waals surface area contributed by atoms with E-state index in [-0.39, 0.29) is 11.7 Å². The van der Waals surface area contributed by atoms with Crippen LogP contribution in [0.4, 0.5) is 4.39 Å². The largest absolute Gasteiger partial charge is 0.340 e. The van der Waals surface area contributed by atoms with E-state index in [0.717, 1.165) is 32.7 Å². The van der Waals surface area contributed by atoms with Gasteiger partial charge in [0.05, 0.1) is 0 Å². The van der Waals surface area contributed by atoms with E-state index in [2.05, 4.69) is 11.8 Å². The molecule has 1 aliphatic heterocycles. The van der Waals surface area contributed by atoms with E-state index in [1.54, 1.807) is 12.1 Å². The molecule has 1 amide bonds. The van der Waals surface area contributed by atoms with E-state index < -0.39 is 0 Å². The lowest BCUT2D eigenvalue weighted by molar-refractivity contribution is -0.132. The molecule has 0 N–H and O–H groups in total. The van der Waals surface area contributed by atoms with Crippen molar-refractivity contribution in [1.29, 1.82) is 0 Å². The lowest BCUT2D eigenvalue weighted by Crippen LogP contribution is -2.48. The molecular weight excluding hydrogens is 243 g/mol. The van der Waals surface area contributed by atoms with Gasteiger partial charge in [-0.2, -0.15) is 0 Å². The fourth-order valence-electron chi connectivity index (χ4n) is 2.41. The Balaban J connectivity index is 1.81. The molecule has 2 rings (SSSR count). The summed E-state index contributed by atoms with van der Waals surface area (Å²) < 4.78 is 13.4. The van der Waals surface area contributed by atoms with Crippen molar-refractivity contribution in [3.63, 3.8) is 0 Å². The van der Waals surface area contributed by atoms with Gasteiger partial charge in [0.25, 0.3) is 0 Å². The fraction of sp³-hybridized carbons (Fsp3) is 0.533. The standard InChI is InChI=1S/C15H21FN2O/c1-2-17-9-11-18(12-10-17)15(19)8-7-13-5-3-4-6-14(13)16/h3-6H,2,7-12H2,1H3. The molecule has 0 spiro atoms. The smallest absolute Gasteiger partial charge is 0.222 e. The highest BCUT2D eigenvalue weighted by Crippen LogP contribution is 2.11. The molecule has 19 heavy (non-hydrogen) atoms. The molecule has 3 nitrogen and oxygen atoms in total. The third-order valence-corrected chi connectivity index (χ3v) is 3.74. The maximum atomic E-state index is 13.4. The summed E-state index contributed by atoms with van der Waals surface area (Å²) >= 11 is 0. The molecule has 1 aromatic rings. The van der Waals surface area contributed by atoms with Gasteiger partial charge in [-0.1, -0.05) is 25.1 Å². The second kappa shape index (κ2) is 6.66. The number of aryl methyl sites for hydroxylation is 1. The second-order valence-electron chi connectivity index (χ2n) is 4.91. The fourth-order valence-corrected chi connectivity index (χ4v) is 2.41. The van der Waals surface area contributed by atoms with E-state index in [9.17, 15) is 9.18 Å². The molecule has 1 fully saturated rings. The van der Waals surface area contributed by atoms with Gasteiger partial charge in [-0.15, -0.1) is 0 Å². The molecule has 4 heteroatoms. The van der Waals surface area contributed by atoms with Gasteiger partial charge in [-0.3, -0.25) is 4.79 Å². The predicted molar refractivity (Wildman–Crippen MR) is 73.4 cm³/mol. The van der Waals surface area contributed by atoms with Crippen molar-refractivity contribution in [2.24, 2.45) is 0 Å². The number of rotatable bonds is 4. The lowest BCUT2D eigenvalue weighted by atomic mass is 10.1. The van der Waals surface area contributed by atoms with Crippen molar-refractivity contribution in [2.75, 3.05) is 32.7 Å². The average molecular weight is 264 g/mol. The van der Waals surface area contributed by atoms with Crippen LogP contribution >= 0.6 is 0 Å². The van der Waals surface area contributed by atoms with Crippen LogP contribution in [-0.4, -0.2) is 48.4 Å². The molecule has 1 heterocycles. The summed E-state index contributed by atoms with van der Waals surface area (Å²) in [7, 11) is 0. The highest BCUT2D eigenvalue weighted by atomic mass is 19.1. The monoisotopic (exact) mass is 264 g/mol. The Kier molecular flexibility index (Phi) is 4.91. The number of carbonyl (C=O) groups is 1. The van der Waals surface area contributed by atoms with E-state index in [1.807, 2.05) is 11.0 Å². The zero-order valence-corrected chi connectivity index (χ0v) is 11.4. The van der Waals surface area contributed by atoms with Crippen LogP contribution < -0.4 is 0 Å². The summed E-state index contributed by atoms with van der Waals surface area (Å²) in [5.41, 5.74) is 0.628. The Morgan fingerprint density at radius 2 is 1.89 bits per heavy atom. The first kappa shape index (κ1) is 14.0. The van der Waals surface area contributed by atoms with Crippen molar-refractivity contribution in [1.82, 2.24) is 9.80 Å². The molecule has 104 valence electrons. The van der Waals surface area contributed by atoms with Crippen LogP contribution in [-0.2, 0) is 11.2 Å². The number of piperazine rings is 1. The average Bonchev–Trinajstić information content (AvgIpc) is 2.46. The van der Waals surface area contributed by atoms with Gasteiger partial charge in [-0.25, -0.2) is 4.39 Å². The summed E-state index contributed by atoms with van der Waals surface area (Å²) in [5.74, 6) is -0.0786. The molecule has 1 aromatic carbocycles. The summed E-state index contributed by atoms with van der Waals surface area (Å²) in [5, 5.41) is 0. The maximum absolute atomic E-state index is 13.4. The topological polar surface area (TPSA) is 23.6 Å². The molecule has 0 aromatic heterocycles. The van der Waals surface area contributed by atoms with Crippen molar-refractivity contribution in [2.45, 2.75) is 19.8 Å². The van der Waals surface area contributed by atoms with Crippen LogP contribution in [0, 0.1) is 5.82 Å². The van der Waals surface area contributed by atoms with Crippen molar-refractivity contribution in [3.05, 3.63) is 35.6 Å². The van der Waals surface area contributed by atoms with E-state index >= 15 is 0 Å². The second-order valence-corrected chi connectivity index (χ2v) is 4.91. The number of carbonyl (C=O) groups excluding carboxylic acids is 1. The Labute approximate surface area is 114 Å². The first-order chi connectivity index (χ1) is 9.20. The molecule has 0 atom stereocenters. The molecule has 0 bridgehead atoms. The van der Waals surface area contributed by atoms with Gasteiger partial charge in [0, 0.05) is 32.6 Å². The van der Waals surface area contributed by atoms with E-state index in [0.29, 0.717) is 18.4 Å². The van der Waals surface area contributed by atoms with E-state index in [1.165, 1.54) is 6.07 Å². The Hall–Kier alpha value is -1.42. The van der Waals surface area contributed by atoms with Gasteiger partial charge in [-0.05, 0) is 24.6 Å². The van der Waals surface area contributed by atoms with Crippen LogP contribution in [0.5, 0.6) is 0 Å². The number of halogens is 1. The third-order valence-electron chi connectivity index (χ3n) is 3.74. The SMILES string of the molecule is CCN1CCN(C(=O)CCc2ccccc2F)CC1. The van der Waals surface area contributed by atoms with Crippen LogP contribution in [0.1, 0.15) is 18.9 Å². The molecule has 0 aliphatic carbocycles. The molecule has 0 radical (unpaired) electrons. The quantitative estimate of drug-likeness (QED) is 0.829. The van der Waals surface area contributed by atoms with Gasteiger partial charge >= 0.3 is 0 Å². The zero-order valence-electron chi connectivity index (χ0n) is 11.4. The Morgan fingerprint density at radius 1 is 1.21 bits per heavy atom. The van der Waals surface area contributed by atoms with Crippen molar-refractivity contribution in [3.8, 4) is 0 Å². The molecule has 1 aliphatic rings. The predicted octanol–water partition coefficient (Wildman–Crippen LogP) is 1.92. The number of amides is 1. The van der Waals surface area contributed by atoms with Gasteiger partial charge in [0.15, 0.2) is 0 Å². The lowest BCUT2D eigenvalue weighted by Gasteiger charge is -2.34. The summed E-state index contributed by atoms with van der Waals surface area (Å²) in [4.78, 5) is 16.3. The van der Waals surface area contributed by atoms with Crippen molar-refractivity contribution >= 4 is 5.91 Å². The van der Waals surface area contributed by atoms with Gasteiger partial charge in [0.1, 0.15) is 5.82 Å². The molecule has 0 saturated carbocycles. The van der Waals surface area contributed by atoms with E-state index in [4.69, 9.17) is 0 Å². The maximum Gasteiger partial charge on any atom is 0.222 e. The van der Waals surface area contributed by atoms with Crippen LogP contribution in [0.15, 0.2) is 24.3 Å². The highest BCUT2D eigenvalue weighted by molar-refractivity contribution is 5.76. The third kappa shape index (κ3) is 3.77. The Morgan fingerprint density at radius 3 is 2.53 bits per heavy atom. The molecular formula is C15H21FN2O. The molecule has 1 saturated heterocycles. The number of hydrogen-bond donors (Lipinski definition) is 0. The number of benzene rings is 1. The number of nitrogens with zero attached hydrogens (tertiary/aromatic N) is 2. The summed E-state index contributed by atoms with van der Waals surface area (Å²) in [6.07, 6.45) is 0.882. The van der Waals surface area contributed by atoms with Crippen LogP contribution in [0.3, 0.4) is 0 Å². The Bertz CT molecular complexity index is 428. The van der Waals surface area contributed by atoms with Crippen LogP contribution in [0.25, 0.3) is 0 Å². The number of hydrogen-bond acceptors (Lipinski definition) is 2. The first-order valence-corrected chi connectivity index (χ1v) is 6.94. The summed E-state index contributed by atoms with van der Waals surface area (Å²) in [6.45, 7) is 6.66.